The number of carbonyl (C=O) groups is 2. The van der Waals surface area contributed by atoms with Gasteiger partial charge in [-0.3, -0.25) is 9.59 Å². The van der Waals surface area contributed by atoms with E-state index >= 15 is 0 Å². The summed E-state index contributed by atoms with van der Waals surface area (Å²) in [5, 5.41) is 23.1. The van der Waals surface area contributed by atoms with E-state index in [2.05, 4.69) is 19.2 Å². The number of unbranched alkanes of at least 4 members (excludes halogenated alkanes) is 39. The van der Waals surface area contributed by atoms with Crippen LogP contribution in [0.1, 0.15) is 303 Å². The number of rotatable bonds is 50. The SMILES string of the molecule is CCCCCCCCCCCCCCCCCCCCC(=O)OCCCCCCCCCCCCCCCCC(=O)NC(CO)C(O)CCCCCCCCCCCC. The molecule has 352 valence electrons. The Morgan fingerprint density at radius 1 is 0.407 bits per heavy atom. The monoisotopic (exact) mass is 836 g/mol. The molecule has 0 aromatic rings. The quantitative estimate of drug-likeness (QED) is 0.0419. The summed E-state index contributed by atoms with van der Waals surface area (Å²) in [6, 6.07) is -0.546. The zero-order chi connectivity index (χ0) is 43.0. The number of hydrogen-bond acceptors (Lipinski definition) is 5. The third-order valence-corrected chi connectivity index (χ3v) is 12.7. The van der Waals surface area contributed by atoms with E-state index in [0.717, 1.165) is 51.4 Å². The van der Waals surface area contributed by atoms with Crippen molar-refractivity contribution in [3.63, 3.8) is 0 Å². The summed E-state index contributed by atoms with van der Waals surface area (Å²) in [4.78, 5) is 24.5. The molecule has 0 heterocycles. The lowest BCUT2D eigenvalue weighted by Gasteiger charge is -2.22. The minimum Gasteiger partial charge on any atom is -0.466 e. The Morgan fingerprint density at radius 2 is 0.695 bits per heavy atom. The molecule has 0 fully saturated rings. The van der Waals surface area contributed by atoms with Crippen molar-refractivity contribution in [2.24, 2.45) is 0 Å². The largest absolute Gasteiger partial charge is 0.466 e. The van der Waals surface area contributed by atoms with Crippen LogP contribution in [0.4, 0.5) is 0 Å². The summed E-state index contributed by atoms with van der Waals surface area (Å²) in [6.45, 7) is 4.93. The van der Waals surface area contributed by atoms with Crippen molar-refractivity contribution >= 4 is 11.9 Å². The maximum Gasteiger partial charge on any atom is 0.305 e. The van der Waals surface area contributed by atoms with Gasteiger partial charge in [0.25, 0.3) is 0 Å². The zero-order valence-electron chi connectivity index (χ0n) is 40.0. The number of amides is 1. The molecule has 0 spiro atoms. The van der Waals surface area contributed by atoms with Crippen molar-refractivity contribution < 1.29 is 24.5 Å². The maximum atomic E-state index is 12.4. The number of hydrogen-bond donors (Lipinski definition) is 3. The summed E-state index contributed by atoms with van der Waals surface area (Å²) >= 11 is 0. The number of esters is 1. The molecule has 2 atom stereocenters. The fraction of sp³-hybridized carbons (Fsp3) is 0.962. The van der Waals surface area contributed by atoms with E-state index in [1.54, 1.807) is 0 Å². The molecular formula is C53H105NO5. The summed E-state index contributed by atoms with van der Waals surface area (Å²) in [6.07, 6.45) is 55.1. The van der Waals surface area contributed by atoms with Crippen molar-refractivity contribution in [3.05, 3.63) is 0 Å². The van der Waals surface area contributed by atoms with Gasteiger partial charge >= 0.3 is 5.97 Å². The van der Waals surface area contributed by atoms with Crippen LogP contribution in [0.2, 0.25) is 0 Å². The van der Waals surface area contributed by atoms with E-state index in [9.17, 15) is 19.8 Å². The summed E-state index contributed by atoms with van der Waals surface area (Å²) < 4.78 is 5.48. The number of nitrogens with one attached hydrogen (secondary N) is 1. The Bertz CT molecular complexity index is 837. The summed E-state index contributed by atoms with van der Waals surface area (Å²) in [5.74, 6) is -0.0430. The van der Waals surface area contributed by atoms with Gasteiger partial charge in [0.1, 0.15) is 0 Å². The van der Waals surface area contributed by atoms with Crippen LogP contribution in [0, 0.1) is 0 Å². The fourth-order valence-corrected chi connectivity index (χ4v) is 8.52. The molecule has 1 amide bonds. The second kappa shape index (κ2) is 49.5. The Kier molecular flexibility index (Phi) is 48.6. The van der Waals surface area contributed by atoms with Crippen LogP contribution >= 0.6 is 0 Å². The molecule has 0 bridgehead atoms. The fourth-order valence-electron chi connectivity index (χ4n) is 8.52. The van der Waals surface area contributed by atoms with Gasteiger partial charge in [-0.2, -0.15) is 0 Å². The first-order chi connectivity index (χ1) is 29.0. The topological polar surface area (TPSA) is 95.9 Å². The second-order valence-corrected chi connectivity index (χ2v) is 18.6. The average molecular weight is 836 g/mol. The van der Waals surface area contributed by atoms with Crippen molar-refractivity contribution in [2.45, 2.75) is 315 Å². The van der Waals surface area contributed by atoms with E-state index in [4.69, 9.17) is 4.74 Å². The zero-order valence-corrected chi connectivity index (χ0v) is 40.0. The van der Waals surface area contributed by atoms with Gasteiger partial charge in [0.2, 0.25) is 5.91 Å². The molecule has 0 aromatic heterocycles. The van der Waals surface area contributed by atoms with Crippen LogP contribution in [0.3, 0.4) is 0 Å². The van der Waals surface area contributed by atoms with Gasteiger partial charge in [0.15, 0.2) is 0 Å². The molecule has 0 aliphatic carbocycles. The highest BCUT2D eigenvalue weighted by molar-refractivity contribution is 5.76. The molecule has 6 nitrogen and oxygen atoms in total. The molecule has 0 aliphatic heterocycles. The lowest BCUT2D eigenvalue weighted by molar-refractivity contribution is -0.143. The predicted octanol–water partition coefficient (Wildman–Crippen LogP) is 16.0. The first kappa shape index (κ1) is 57.9. The second-order valence-electron chi connectivity index (χ2n) is 18.6. The Labute approximate surface area is 368 Å². The van der Waals surface area contributed by atoms with E-state index in [1.165, 1.54) is 218 Å². The van der Waals surface area contributed by atoms with Crippen molar-refractivity contribution in [3.8, 4) is 0 Å². The van der Waals surface area contributed by atoms with Crippen LogP contribution in [0.5, 0.6) is 0 Å². The van der Waals surface area contributed by atoms with E-state index in [1.807, 2.05) is 0 Å². The predicted molar refractivity (Wildman–Crippen MR) is 255 cm³/mol. The average Bonchev–Trinajstić information content (AvgIpc) is 3.24. The van der Waals surface area contributed by atoms with Crippen molar-refractivity contribution in [2.75, 3.05) is 13.2 Å². The van der Waals surface area contributed by atoms with E-state index in [-0.39, 0.29) is 18.5 Å². The van der Waals surface area contributed by atoms with Crippen molar-refractivity contribution in [1.82, 2.24) is 5.32 Å². The van der Waals surface area contributed by atoms with Crippen molar-refractivity contribution in [1.29, 1.82) is 0 Å². The van der Waals surface area contributed by atoms with Gasteiger partial charge in [-0.25, -0.2) is 0 Å². The highest BCUT2D eigenvalue weighted by atomic mass is 16.5. The standard InChI is InChI=1S/C53H105NO5/c1-3-5-7-9-11-13-15-16-17-18-19-20-24-27-31-35-39-43-47-53(58)59-48-44-40-36-32-28-25-22-21-23-26-30-34-38-42-46-52(57)54-50(49-55)51(56)45-41-37-33-29-14-12-10-8-6-4-2/h50-51,55-56H,3-49H2,1-2H3,(H,54,57). The Morgan fingerprint density at radius 3 is 1.03 bits per heavy atom. The molecule has 0 aromatic carbocycles. The summed E-state index contributed by atoms with van der Waals surface area (Å²) in [7, 11) is 0. The number of aliphatic hydroxyl groups excluding tert-OH is 2. The minimum absolute atomic E-state index is 0.00255. The normalized spacial score (nSPS) is 12.5. The van der Waals surface area contributed by atoms with Crippen LogP contribution < -0.4 is 5.32 Å². The van der Waals surface area contributed by atoms with E-state index < -0.39 is 12.1 Å². The molecule has 0 saturated heterocycles. The molecule has 2 unspecified atom stereocenters. The van der Waals surface area contributed by atoms with Crippen LogP contribution in [-0.2, 0) is 14.3 Å². The third kappa shape index (κ3) is 46.2. The Hall–Kier alpha value is -1.14. The molecule has 0 aliphatic rings. The number of ether oxygens (including phenoxy) is 1. The maximum absolute atomic E-state index is 12.4. The molecule has 0 rings (SSSR count). The van der Waals surface area contributed by atoms with Crippen LogP contribution in [0.25, 0.3) is 0 Å². The minimum atomic E-state index is -0.668. The number of aliphatic hydroxyl groups is 2. The van der Waals surface area contributed by atoms with Gasteiger partial charge in [-0.1, -0.05) is 264 Å². The highest BCUT2D eigenvalue weighted by Crippen LogP contribution is 2.17. The molecule has 6 heteroatoms. The highest BCUT2D eigenvalue weighted by Gasteiger charge is 2.20. The van der Waals surface area contributed by atoms with Crippen LogP contribution in [-0.4, -0.2) is 47.4 Å². The van der Waals surface area contributed by atoms with Gasteiger partial charge in [0, 0.05) is 12.8 Å². The molecular weight excluding hydrogens is 731 g/mol. The molecule has 0 radical (unpaired) electrons. The first-order valence-corrected chi connectivity index (χ1v) is 26.8. The molecule has 3 N–H and O–H groups in total. The van der Waals surface area contributed by atoms with Gasteiger partial charge in [0.05, 0.1) is 25.4 Å². The molecule has 0 saturated carbocycles. The van der Waals surface area contributed by atoms with Gasteiger partial charge in [-0.05, 0) is 25.7 Å². The van der Waals surface area contributed by atoms with Gasteiger partial charge < -0.3 is 20.3 Å². The molecule has 59 heavy (non-hydrogen) atoms. The smallest absolute Gasteiger partial charge is 0.305 e. The third-order valence-electron chi connectivity index (χ3n) is 12.7. The summed E-state index contributed by atoms with van der Waals surface area (Å²) in [5.41, 5.74) is 0. The van der Waals surface area contributed by atoms with E-state index in [0.29, 0.717) is 25.9 Å². The lowest BCUT2D eigenvalue weighted by Crippen LogP contribution is -2.45. The van der Waals surface area contributed by atoms with Gasteiger partial charge in [-0.15, -0.1) is 0 Å². The van der Waals surface area contributed by atoms with Crippen LogP contribution in [0.15, 0.2) is 0 Å². The first-order valence-electron chi connectivity index (χ1n) is 26.8. The number of carbonyl (C=O) groups excluding carboxylic acids is 2. The lowest BCUT2D eigenvalue weighted by atomic mass is 10.0. The Balaban J connectivity index is 3.38.